The van der Waals surface area contributed by atoms with E-state index >= 15 is 0 Å². The van der Waals surface area contributed by atoms with Crippen molar-refractivity contribution in [3.63, 3.8) is 0 Å². The van der Waals surface area contributed by atoms with Gasteiger partial charge >= 0.3 is 5.69 Å². The summed E-state index contributed by atoms with van der Waals surface area (Å²) in [6.45, 7) is 2.43. The highest BCUT2D eigenvalue weighted by Gasteiger charge is 2.36. The van der Waals surface area contributed by atoms with E-state index in [4.69, 9.17) is 14.1 Å². The van der Waals surface area contributed by atoms with Gasteiger partial charge in [-0.1, -0.05) is 37.6 Å². The Morgan fingerprint density at radius 1 is 1.54 bits per heavy atom. The van der Waals surface area contributed by atoms with Crippen LogP contribution in [0.2, 0.25) is 0 Å². The number of ether oxygens (including phenoxy) is 1. The first-order valence-electron chi connectivity index (χ1n) is 8.77. The van der Waals surface area contributed by atoms with Crippen LogP contribution in [-0.2, 0) is 20.5 Å². The normalized spacial score (nSPS) is 28.2. The van der Waals surface area contributed by atoms with Crippen molar-refractivity contribution in [1.82, 2.24) is 9.55 Å². The smallest absolute Gasteiger partial charge is 0.351 e. The summed E-state index contributed by atoms with van der Waals surface area (Å²) in [6.07, 6.45) is 4.35. The van der Waals surface area contributed by atoms with Gasteiger partial charge in [0.15, 0.2) is 5.82 Å². The molecular weight excluding hydrogens is 395 g/mol. The van der Waals surface area contributed by atoms with Crippen LogP contribution in [0.5, 0.6) is 0 Å². The van der Waals surface area contributed by atoms with Gasteiger partial charge in [0.1, 0.15) is 12.3 Å². The molecule has 0 aliphatic carbocycles. The Balaban J connectivity index is 1.72. The predicted molar refractivity (Wildman–Crippen MR) is 107 cm³/mol. The Morgan fingerprint density at radius 3 is 3.08 bits per heavy atom. The van der Waals surface area contributed by atoms with Gasteiger partial charge in [0.05, 0.1) is 26.3 Å². The van der Waals surface area contributed by atoms with E-state index in [1.54, 1.807) is 6.20 Å². The summed E-state index contributed by atoms with van der Waals surface area (Å²) in [7, 11) is 4.44. The zero-order valence-corrected chi connectivity index (χ0v) is 17.9. The molecule has 2 aliphatic rings. The van der Waals surface area contributed by atoms with Gasteiger partial charge in [-0.05, 0) is 6.42 Å². The number of nitrogens with one attached hydrogen (secondary N) is 1. The van der Waals surface area contributed by atoms with Crippen LogP contribution in [0.4, 0.5) is 5.82 Å². The van der Waals surface area contributed by atoms with Crippen molar-refractivity contribution in [1.29, 1.82) is 0 Å². The molecule has 0 amide bonds. The van der Waals surface area contributed by atoms with Gasteiger partial charge in [-0.2, -0.15) is 4.98 Å². The molecule has 1 saturated heterocycles. The number of hydrogen-bond donors (Lipinski definition) is 2. The van der Waals surface area contributed by atoms with Crippen molar-refractivity contribution in [2.75, 3.05) is 12.1 Å². The monoisotopic (exact) mass is 421 g/mol. The molecule has 2 N–H and O–H groups in total. The van der Waals surface area contributed by atoms with Crippen LogP contribution in [0.25, 0.3) is 0 Å². The molecule has 0 aromatic carbocycles. The van der Waals surface area contributed by atoms with E-state index in [2.05, 4.69) is 35.2 Å². The highest BCUT2D eigenvalue weighted by Crippen LogP contribution is 2.53. The van der Waals surface area contributed by atoms with E-state index in [0.29, 0.717) is 18.7 Å². The first-order chi connectivity index (χ1) is 12.5. The standard InChI is InChI=1S/C15H26N3O5P3/c1-2-3-4-10-5-9-7-18(15(20)16-14(9)17-23-10)13-6-11(19)12(22-13)8-21-26(24)25/h7,10-13,19H,2-6,8,24-25H2,1H3,(H,16,17,20)/t10?,11?,12-,13?/m1/s1. The van der Waals surface area contributed by atoms with Gasteiger partial charge in [-0.25, -0.2) is 10.3 Å². The number of fused-ring (bicyclic) bond motifs is 1. The maximum Gasteiger partial charge on any atom is 0.351 e. The van der Waals surface area contributed by atoms with Crippen LogP contribution in [0, 0.1) is 0 Å². The van der Waals surface area contributed by atoms with Crippen LogP contribution < -0.4 is 11.2 Å². The number of unbranched alkanes of at least 4 members (excludes halogenated alkanes) is 1. The lowest BCUT2D eigenvalue weighted by Crippen LogP contribution is -2.33. The van der Waals surface area contributed by atoms with Crippen LogP contribution in [-0.4, -0.2) is 39.6 Å². The first-order valence-corrected chi connectivity index (χ1v) is 13.3. The fourth-order valence-electron chi connectivity index (χ4n) is 3.17. The lowest BCUT2D eigenvalue weighted by molar-refractivity contribution is -0.0388. The number of aliphatic hydroxyl groups excluding tert-OH is 1. The van der Waals surface area contributed by atoms with Crippen molar-refractivity contribution in [3.8, 4) is 0 Å². The largest absolute Gasteiger partial charge is 0.390 e. The van der Waals surface area contributed by atoms with E-state index in [1.165, 1.54) is 4.57 Å². The summed E-state index contributed by atoms with van der Waals surface area (Å²) in [5.74, 6) is 0.467. The predicted octanol–water partition coefficient (Wildman–Crippen LogP) is 2.34. The van der Waals surface area contributed by atoms with E-state index in [9.17, 15) is 9.90 Å². The molecule has 0 spiro atoms. The Morgan fingerprint density at radius 2 is 2.35 bits per heavy atom. The van der Waals surface area contributed by atoms with E-state index < -0.39 is 31.7 Å². The molecule has 146 valence electrons. The van der Waals surface area contributed by atoms with Gasteiger partial charge < -0.3 is 14.4 Å². The minimum atomic E-state index is -0.688. The quantitative estimate of drug-likeness (QED) is 0.653. The topological polar surface area (TPSA) is 94.8 Å². The molecule has 1 aromatic rings. The summed E-state index contributed by atoms with van der Waals surface area (Å²) in [5, 5.41) is 10.2. The molecule has 0 saturated carbocycles. The Labute approximate surface area is 158 Å². The number of anilines is 1. The minimum Gasteiger partial charge on any atom is -0.390 e. The molecule has 0 bridgehead atoms. The average Bonchev–Trinajstić information content (AvgIpc) is 2.98. The minimum absolute atomic E-state index is 0.0646. The second-order valence-electron chi connectivity index (χ2n) is 6.58. The van der Waals surface area contributed by atoms with E-state index in [-0.39, 0.29) is 12.7 Å². The molecule has 5 unspecified atom stereocenters. The zero-order valence-electron chi connectivity index (χ0n) is 14.7. The van der Waals surface area contributed by atoms with Crippen LogP contribution in [0.1, 0.15) is 44.4 Å². The maximum absolute atomic E-state index is 12.4. The number of hydrogen-bond acceptors (Lipinski definition) is 7. The van der Waals surface area contributed by atoms with Crippen molar-refractivity contribution in [2.24, 2.45) is 0 Å². The summed E-state index contributed by atoms with van der Waals surface area (Å²) in [4.78, 5) is 22.0. The Kier molecular flexibility index (Phi) is 7.38. The molecule has 1 aromatic heterocycles. The Hall–Kier alpha value is -0.190. The molecule has 3 heterocycles. The highest BCUT2D eigenvalue weighted by atomic mass is 32.4. The van der Waals surface area contributed by atoms with Gasteiger partial charge in [0.2, 0.25) is 0 Å². The third-order valence-corrected chi connectivity index (χ3v) is 5.92. The number of aliphatic hydroxyl groups is 1. The first kappa shape index (κ1) is 20.5. The molecule has 3 rings (SSSR count). The molecule has 8 nitrogen and oxygen atoms in total. The zero-order chi connectivity index (χ0) is 18.7. The lowest BCUT2D eigenvalue weighted by Gasteiger charge is -2.26. The van der Waals surface area contributed by atoms with Crippen LogP contribution in [0.3, 0.4) is 0 Å². The fraction of sp³-hybridized carbons (Fsp3) is 0.733. The summed E-state index contributed by atoms with van der Waals surface area (Å²) >= 11 is 0. The molecule has 0 radical (unpaired) electrons. The lowest BCUT2D eigenvalue weighted by atomic mass is 10.0. The molecule has 11 heteroatoms. The summed E-state index contributed by atoms with van der Waals surface area (Å²) in [6, 6.07) is 0. The highest BCUT2D eigenvalue weighted by molar-refractivity contribution is 8.41. The number of aromatic nitrogens is 2. The van der Waals surface area contributed by atoms with Gasteiger partial charge in [-0.3, -0.25) is 9.40 Å². The second kappa shape index (κ2) is 9.34. The maximum atomic E-state index is 12.4. The third-order valence-electron chi connectivity index (χ3n) is 4.58. The van der Waals surface area contributed by atoms with Gasteiger partial charge in [-0.15, -0.1) is 0 Å². The summed E-state index contributed by atoms with van der Waals surface area (Å²) in [5.41, 5.74) is 3.29. The molecular formula is C15H26N3O5P3. The van der Waals surface area contributed by atoms with Crippen molar-refractivity contribution in [2.45, 2.75) is 63.6 Å². The van der Waals surface area contributed by atoms with Gasteiger partial charge in [0.25, 0.3) is 0 Å². The second-order valence-corrected chi connectivity index (χ2v) is 12.4. The van der Waals surface area contributed by atoms with Crippen molar-refractivity contribution >= 4 is 31.2 Å². The van der Waals surface area contributed by atoms with Gasteiger partial charge in [0, 0.05) is 24.6 Å². The molecule has 26 heavy (non-hydrogen) atoms. The number of rotatable bonds is 7. The Bertz CT molecular complexity index is 674. The van der Waals surface area contributed by atoms with E-state index in [1.807, 2.05) is 0 Å². The molecule has 6 atom stereocenters. The third kappa shape index (κ3) is 4.99. The van der Waals surface area contributed by atoms with Crippen molar-refractivity contribution in [3.05, 3.63) is 22.2 Å². The average molecular weight is 421 g/mol. The molecule has 1 fully saturated rings. The number of nitrogens with zero attached hydrogens (tertiary/aromatic N) is 2. The SMILES string of the molecule is CCCCC1Cc2cn(C3CC(O)[C@@H](COP(P)P)O3)c(=O)nc2NO1. The van der Waals surface area contributed by atoms with Crippen molar-refractivity contribution < 1.29 is 19.2 Å². The fourth-order valence-corrected chi connectivity index (χ4v) is 4.00. The van der Waals surface area contributed by atoms with Crippen LogP contribution >= 0.6 is 25.4 Å². The molecule has 2 aliphatic heterocycles. The summed E-state index contributed by atoms with van der Waals surface area (Å²) < 4.78 is 12.9. The van der Waals surface area contributed by atoms with E-state index in [0.717, 1.165) is 24.8 Å². The van der Waals surface area contributed by atoms with Crippen LogP contribution in [0.15, 0.2) is 11.0 Å².